The topological polar surface area (TPSA) is 48.8 Å². The zero-order valence-corrected chi connectivity index (χ0v) is 7.66. The van der Waals surface area contributed by atoms with E-state index in [0.717, 1.165) is 5.56 Å². The van der Waals surface area contributed by atoms with Crippen LogP contribution in [-0.2, 0) is 0 Å². The van der Waals surface area contributed by atoms with E-state index in [-0.39, 0.29) is 12.4 Å². The van der Waals surface area contributed by atoms with E-state index in [1.165, 1.54) is 6.07 Å². The lowest BCUT2D eigenvalue weighted by molar-refractivity contribution is 0.618. The van der Waals surface area contributed by atoms with Crippen LogP contribution in [0, 0.1) is 24.6 Å². The van der Waals surface area contributed by atoms with Crippen molar-refractivity contribution in [3.8, 4) is 11.8 Å². The van der Waals surface area contributed by atoms with Crippen LogP contribution in [-0.4, -0.2) is 6.54 Å². The maximum absolute atomic E-state index is 12.8. The third-order valence-electron chi connectivity index (χ3n) is 1.60. The second-order valence-corrected chi connectivity index (χ2v) is 2.65. The molecule has 0 heterocycles. The van der Waals surface area contributed by atoms with Gasteiger partial charge in [-0.05, 0) is 36.2 Å². The van der Waals surface area contributed by atoms with Gasteiger partial charge in [-0.2, -0.15) is 0 Å². The first kappa shape index (κ1) is 10.1. The fourth-order valence-electron chi connectivity index (χ4n) is 0.931. The molecular weight excluding hydrogens is 181 g/mol. The minimum atomic E-state index is -0.245. The molecule has 0 aliphatic carbocycles. The van der Waals surface area contributed by atoms with E-state index in [1.807, 2.05) is 0 Å². The number of aryl methyl sites for hydroxylation is 1. The summed E-state index contributed by atoms with van der Waals surface area (Å²) in [7, 11) is 0. The third kappa shape index (κ3) is 2.81. The summed E-state index contributed by atoms with van der Waals surface area (Å²) in [6.07, 6.45) is 0. The minimum Gasteiger partial charge on any atom is -0.207 e. The maximum atomic E-state index is 12.8. The van der Waals surface area contributed by atoms with Crippen molar-refractivity contribution in [2.24, 2.45) is 5.11 Å². The zero-order chi connectivity index (χ0) is 10.4. The van der Waals surface area contributed by atoms with Gasteiger partial charge in [-0.15, -0.1) is 0 Å². The normalized spacial score (nSPS) is 8.43. The summed E-state index contributed by atoms with van der Waals surface area (Å²) in [6.45, 7) is 1.81. The maximum Gasteiger partial charge on any atom is 0.126 e. The predicted molar refractivity (Wildman–Crippen MR) is 52.0 cm³/mol. The number of benzene rings is 1. The Bertz CT molecular complexity index is 436. The van der Waals surface area contributed by atoms with E-state index >= 15 is 0 Å². The lowest BCUT2D eigenvalue weighted by atomic mass is 10.1. The molecule has 0 amide bonds. The van der Waals surface area contributed by atoms with Crippen molar-refractivity contribution in [2.45, 2.75) is 6.92 Å². The van der Waals surface area contributed by atoms with Crippen molar-refractivity contribution >= 4 is 0 Å². The molecule has 0 spiro atoms. The van der Waals surface area contributed by atoms with Crippen LogP contribution in [0.25, 0.3) is 10.4 Å². The largest absolute Gasteiger partial charge is 0.207 e. The van der Waals surface area contributed by atoms with Gasteiger partial charge in [0.25, 0.3) is 0 Å². The van der Waals surface area contributed by atoms with E-state index in [1.54, 1.807) is 19.1 Å². The van der Waals surface area contributed by atoms with Gasteiger partial charge >= 0.3 is 0 Å². The molecule has 1 rings (SSSR count). The van der Waals surface area contributed by atoms with Gasteiger partial charge < -0.3 is 0 Å². The fraction of sp³-hybridized carbons (Fsp3) is 0.200. The van der Waals surface area contributed by atoms with Crippen molar-refractivity contribution < 1.29 is 4.39 Å². The number of hydrogen-bond donors (Lipinski definition) is 0. The Morgan fingerprint density at radius 2 is 2.36 bits per heavy atom. The Hall–Kier alpha value is -1.98. The Morgan fingerprint density at radius 1 is 1.57 bits per heavy atom. The highest BCUT2D eigenvalue weighted by molar-refractivity contribution is 5.37. The molecule has 0 radical (unpaired) electrons. The quantitative estimate of drug-likeness (QED) is 0.282. The molecular formula is C10H8FN3. The monoisotopic (exact) mass is 189 g/mol. The minimum absolute atomic E-state index is 0.132. The molecule has 0 saturated heterocycles. The second kappa shape index (κ2) is 4.90. The summed E-state index contributed by atoms with van der Waals surface area (Å²) in [5.41, 5.74) is 9.26. The molecule has 1 aromatic carbocycles. The highest BCUT2D eigenvalue weighted by atomic mass is 19.1. The van der Waals surface area contributed by atoms with Crippen LogP contribution in [0.3, 0.4) is 0 Å². The molecule has 0 bridgehead atoms. The van der Waals surface area contributed by atoms with Crippen LogP contribution in [0.5, 0.6) is 0 Å². The van der Waals surface area contributed by atoms with Gasteiger partial charge in [-0.1, -0.05) is 17.0 Å². The molecule has 4 heteroatoms. The summed E-state index contributed by atoms with van der Waals surface area (Å²) >= 11 is 0. The third-order valence-corrected chi connectivity index (χ3v) is 1.60. The highest BCUT2D eigenvalue weighted by Gasteiger charge is 1.95. The van der Waals surface area contributed by atoms with Crippen LogP contribution in [0.15, 0.2) is 23.3 Å². The first-order valence-corrected chi connectivity index (χ1v) is 4.00. The molecule has 0 atom stereocenters. The lowest BCUT2D eigenvalue weighted by Gasteiger charge is -1.95. The molecule has 0 N–H and O–H groups in total. The molecule has 0 aliphatic rings. The first-order valence-electron chi connectivity index (χ1n) is 4.00. The van der Waals surface area contributed by atoms with E-state index in [4.69, 9.17) is 5.53 Å². The van der Waals surface area contributed by atoms with Crippen LogP contribution < -0.4 is 0 Å². The van der Waals surface area contributed by atoms with Gasteiger partial charge in [0.05, 0.1) is 6.54 Å². The van der Waals surface area contributed by atoms with E-state index in [0.29, 0.717) is 5.56 Å². The predicted octanol–water partition coefficient (Wildman–Crippen LogP) is 2.80. The van der Waals surface area contributed by atoms with Crippen LogP contribution in [0.2, 0.25) is 0 Å². The van der Waals surface area contributed by atoms with Gasteiger partial charge in [0, 0.05) is 10.5 Å². The standard InChI is InChI=1S/C10H8FN3/c1-8-7-9(4-5-10(8)11)3-2-6-13-14-12/h4-5,7H,6H2,1H3. The van der Waals surface area contributed by atoms with Gasteiger partial charge in [-0.3, -0.25) is 0 Å². The van der Waals surface area contributed by atoms with Crippen molar-refractivity contribution in [2.75, 3.05) is 6.54 Å². The average molecular weight is 189 g/mol. The molecule has 0 unspecified atom stereocenters. The number of azide groups is 1. The van der Waals surface area contributed by atoms with E-state index in [2.05, 4.69) is 21.9 Å². The average Bonchev–Trinajstić information content (AvgIpc) is 2.18. The first-order chi connectivity index (χ1) is 6.74. The van der Waals surface area contributed by atoms with Gasteiger partial charge in [0.1, 0.15) is 5.82 Å². The van der Waals surface area contributed by atoms with Crippen LogP contribution in [0.1, 0.15) is 11.1 Å². The summed E-state index contributed by atoms with van der Waals surface area (Å²) in [4.78, 5) is 2.56. The number of rotatable bonds is 1. The summed E-state index contributed by atoms with van der Waals surface area (Å²) < 4.78 is 12.8. The smallest absolute Gasteiger partial charge is 0.126 e. The van der Waals surface area contributed by atoms with Crippen molar-refractivity contribution in [3.05, 3.63) is 45.6 Å². The van der Waals surface area contributed by atoms with Crippen molar-refractivity contribution in [3.63, 3.8) is 0 Å². The zero-order valence-electron chi connectivity index (χ0n) is 7.66. The second-order valence-electron chi connectivity index (χ2n) is 2.65. The summed E-state index contributed by atoms with van der Waals surface area (Å²) in [5, 5.41) is 3.26. The Morgan fingerprint density at radius 3 is 3.00 bits per heavy atom. The van der Waals surface area contributed by atoms with Gasteiger partial charge in [0.2, 0.25) is 0 Å². The van der Waals surface area contributed by atoms with Crippen LogP contribution in [0.4, 0.5) is 4.39 Å². The number of hydrogen-bond acceptors (Lipinski definition) is 1. The lowest BCUT2D eigenvalue weighted by Crippen LogP contribution is -1.83. The molecule has 70 valence electrons. The molecule has 14 heavy (non-hydrogen) atoms. The highest BCUT2D eigenvalue weighted by Crippen LogP contribution is 2.07. The Balaban J connectivity index is 2.80. The fourth-order valence-corrected chi connectivity index (χ4v) is 0.931. The molecule has 0 fully saturated rings. The molecule has 1 aromatic rings. The number of halogens is 1. The van der Waals surface area contributed by atoms with E-state index < -0.39 is 0 Å². The Labute approximate surface area is 81.2 Å². The molecule has 3 nitrogen and oxygen atoms in total. The van der Waals surface area contributed by atoms with Gasteiger partial charge in [-0.25, -0.2) is 4.39 Å². The van der Waals surface area contributed by atoms with Gasteiger partial charge in [0.15, 0.2) is 0 Å². The Kier molecular flexibility index (Phi) is 3.54. The molecule has 0 aromatic heterocycles. The summed E-state index contributed by atoms with van der Waals surface area (Å²) in [6, 6.07) is 4.61. The molecule has 0 saturated carbocycles. The van der Waals surface area contributed by atoms with E-state index in [9.17, 15) is 4.39 Å². The molecule has 0 aliphatic heterocycles. The van der Waals surface area contributed by atoms with Crippen LogP contribution >= 0.6 is 0 Å². The van der Waals surface area contributed by atoms with Crippen molar-refractivity contribution in [1.82, 2.24) is 0 Å². The summed E-state index contributed by atoms with van der Waals surface area (Å²) in [5.74, 6) is 5.18. The number of nitrogens with zero attached hydrogens (tertiary/aromatic N) is 3. The van der Waals surface area contributed by atoms with Crippen molar-refractivity contribution in [1.29, 1.82) is 0 Å². The SMILES string of the molecule is Cc1cc(C#CCN=[N+]=[N-])ccc1F.